The van der Waals surface area contributed by atoms with Gasteiger partial charge in [0.1, 0.15) is 0 Å². The van der Waals surface area contributed by atoms with Crippen molar-refractivity contribution < 1.29 is 22.0 Å². The molecular formula is C23H29N3O5S3. The number of anilines is 1. The van der Waals surface area contributed by atoms with Gasteiger partial charge in [-0.3, -0.25) is 4.79 Å². The first-order valence-corrected chi connectivity index (χ1v) is 13.6. The molecule has 2 rings (SSSR count). The number of rotatable bonds is 9. The summed E-state index contributed by atoms with van der Waals surface area (Å²) in [4.78, 5) is 12.1. The Kier molecular flexibility index (Phi) is 9.92. The van der Waals surface area contributed by atoms with Gasteiger partial charge in [-0.15, -0.1) is 0 Å². The van der Waals surface area contributed by atoms with E-state index >= 15 is 0 Å². The summed E-state index contributed by atoms with van der Waals surface area (Å²) in [5.74, 6) is -0.607. The zero-order valence-corrected chi connectivity index (χ0v) is 21.9. The first-order valence-electron chi connectivity index (χ1n) is 10.6. The summed E-state index contributed by atoms with van der Waals surface area (Å²) in [7, 11) is -4.20. The molecule has 0 spiro atoms. The molecule has 0 aliphatic carbocycles. The summed E-state index contributed by atoms with van der Waals surface area (Å²) < 4.78 is 49.5. The van der Waals surface area contributed by atoms with Gasteiger partial charge in [-0.1, -0.05) is 37.3 Å². The molecule has 2 aromatic rings. The number of aryl methyl sites for hydroxylation is 1. The van der Waals surface area contributed by atoms with Gasteiger partial charge in [0.25, 0.3) is 10.0 Å². The van der Waals surface area contributed by atoms with Gasteiger partial charge in [0.15, 0.2) is 16.2 Å². The fraction of sp³-hybridized carbons (Fsp3) is 0.304. The van der Waals surface area contributed by atoms with Crippen LogP contribution in [0, 0.1) is 6.92 Å². The highest BCUT2D eigenvalue weighted by Crippen LogP contribution is 2.25. The van der Waals surface area contributed by atoms with E-state index in [0.717, 1.165) is 5.56 Å². The molecular weight excluding hydrogens is 494 g/mol. The Hall–Kier alpha value is -2.60. The van der Waals surface area contributed by atoms with Crippen LogP contribution in [0.5, 0.6) is 0 Å². The van der Waals surface area contributed by atoms with Gasteiger partial charge in [0, 0.05) is 18.2 Å². The highest BCUT2D eigenvalue weighted by Gasteiger charge is 2.21. The van der Waals surface area contributed by atoms with E-state index in [9.17, 15) is 22.0 Å². The first kappa shape index (κ1) is 27.6. The molecule has 4 N–H and O–H groups in total. The average Bonchev–Trinajstić information content (AvgIpc) is 2.72. The Morgan fingerprint density at radius 2 is 1.79 bits per heavy atom. The van der Waals surface area contributed by atoms with Crippen LogP contribution in [0.25, 0.3) is 12.2 Å². The van der Waals surface area contributed by atoms with E-state index in [2.05, 4.69) is 15.4 Å². The molecule has 1 unspecified atom stereocenters. The molecule has 0 aromatic heterocycles. The number of carbonyl (C=O) groups is 1. The minimum Gasteiger partial charge on any atom is -0.360 e. The maximum Gasteiger partial charge on any atom is 0.264 e. The van der Waals surface area contributed by atoms with E-state index in [4.69, 9.17) is 12.2 Å². The summed E-state index contributed by atoms with van der Waals surface area (Å²) >= 11 is 3.03. The zero-order valence-electron chi connectivity index (χ0n) is 19.4. The summed E-state index contributed by atoms with van der Waals surface area (Å²) in [5, 5.41) is 6.28. The molecule has 11 heteroatoms. The Morgan fingerprint density at radius 3 is 2.41 bits per heavy atom. The third-order valence-electron chi connectivity index (χ3n) is 4.51. The van der Waals surface area contributed by atoms with Crippen molar-refractivity contribution in [3.8, 4) is 0 Å². The normalized spacial score (nSPS) is 12.5. The van der Waals surface area contributed by atoms with Gasteiger partial charge in [0.2, 0.25) is 5.91 Å². The van der Waals surface area contributed by atoms with Crippen molar-refractivity contribution in [2.75, 3.05) is 5.32 Å². The number of nitrogens with one attached hydrogen (secondary N) is 3. The number of sulfonamides is 1. The van der Waals surface area contributed by atoms with Crippen LogP contribution in [0.2, 0.25) is 0 Å². The van der Waals surface area contributed by atoms with Gasteiger partial charge >= 0.3 is 0 Å². The highest BCUT2D eigenvalue weighted by molar-refractivity contribution is 7.90. The molecule has 0 saturated carbocycles. The third-order valence-corrected chi connectivity index (χ3v) is 6.88. The van der Waals surface area contributed by atoms with Gasteiger partial charge in [-0.2, -0.15) is 0 Å². The van der Waals surface area contributed by atoms with Crippen LogP contribution in [0.15, 0.2) is 46.2 Å². The van der Waals surface area contributed by atoms with Crippen molar-refractivity contribution in [2.24, 2.45) is 0 Å². The van der Waals surface area contributed by atoms with Crippen LogP contribution in [0.4, 0.5) is 5.69 Å². The molecule has 0 heterocycles. The lowest BCUT2D eigenvalue weighted by atomic mass is 10.1. The summed E-state index contributed by atoms with van der Waals surface area (Å²) in [6.07, 6.45) is 3.65. The van der Waals surface area contributed by atoms with E-state index in [1.807, 2.05) is 13.8 Å². The SMILES string of the molecule is CCCC(=O)NS(=O)(=O)c1cc(NC(=S)NC(C)C)ccc1/C=C/c1ccc(C)cc1S(=O)O. The number of thiocarbonyl (C=S) groups is 1. The molecule has 34 heavy (non-hydrogen) atoms. The average molecular weight is 524 g/mol. The maximum absolute atomic E-state index is 13.1. The zero-order chi connectivity index (χ0) is 25.5. The first-order chi connectivity index (χ1) is 15.9. The molecule has 0 bridgehead atoms. The van der Waals surface area contributed by atoms with Gasteiger partial charge < -0.3 is 15.2 Å². The summed E-state index contributed by atoms with van der Waals surface area (Å²) in [6, 6.07) is 9.75. The van der Waals surface area contributed by atoms with Gasteiger partial charge in [-0.05, 0) is 74.3 Å². The molecule has 0 saturated heterocycles. The molecule has 0 aliphatic heterocycles. The van der Waals surface area contributed by atoms with Crippen molar-refractivity contribution in [3.05, 3.63) is 53.1 Å². The molecule has 0 radical (unpaired) electrons. The van der Waals surface area contributed by atoms with Gasteiger partial charge in [0.05, 0.1) is 9.79 Å². The van der Waals surface area contributed by atoms with Crippen molar-refractivity contribution in [1.29, 1.82) is 0 Å². The highest BCUT2D eigenvalue weighted by atomic mass is 32.2. The number of hydrogen-bond acceptors (Lipinski definition) is 5. The largest absolute Gasteiger partial charge is 0.360 e. The molecule has 1 atom stereocenters. The lowest BCUT2D eigenvalue weighted by Gasteiger charge is -2.15. The van der Waals surface area contributed by atoms with Crippen LogP contribution in [0.3, 0.4) is 0 Å². The second kappa shape index (κ2) is 12.2. The lowest BCUT2D eigenvalue weighted by molar-refractivity contribution is -0.119. The number of amides is 1. The molecule has 1 amide bonds. The maximum atomic E-state index is 13.1. The van der Waals surface area contributed by atoms with Gasteiger partial charge in [-0.25, -0.2) is 17.3 Å². The monoisotopic (exact) mass is 523 g/mol. The van der Waals surface area contributed by atoms with Crippen LogP contribution >= 0.6 is 12.2 Å². The molecule has 0 fully saturated rings. The Morgan fingerprint density at radius 1 is 1.15 bits per heavy atom. The topological polar surface area (TPSA) is 125 Å². The van der Waals surface area contributed by atoms with Crippen molar-refractivity contribution in [3.63, 3.8) is 0 Å². The summed E-state index contributed by atoms with van der Waals surface area (Å²) in [6.45, 7) is 7.41. The van der Waals surface area contributed by atoms with Crippen LogP contribution in [-0.2, 0) is 25.9 Å². The van der Waals surface area contributed by atoms with E-state index < -0.39 is 27.0 Å². The van der Waals surface area contributed by atoms with Crippen LogP contribution in [0.1, 0.15) is 50.3 Å². The fourth-order valence-electron chi connectivity index (χ4n) is 3.00. The fourth-order valence-corrected chi connectivity index (χ4v) is 5.22. The van der Waals surface area contributed by atoms with E-state index in [1.165, 1.54) is 12.1 Å². The van der Waals surface area contributed by atoms with Crippen LogP contribution in [-0.4, -0.2) is 34.2 Å². The van der Waals surface area contributed by atoms with Crippen LogP contribution < -0.4 is 15.4 Å². The lowest BCUT2D eigenvalue weighted by Crippen LogP contribution is -2.34. The third kappa shape index (κ3) is 8.01. The van der Waals surface area contributed by atoms with E-state index in [1.54, 1.807) is 50.3 Å². The number of benzene rings is 2. The minimum absolute atomic E-state index is 0.0692. The second-order valence-corrected chi connectivity index (χ2v) is 10.9. The smallest absolute Gasteiger partial charge is 0.264 e. The minimum atomic E-state index is -4.20. The number of carbonyl (C=O) groups excluding carboxylic acids is 1. The van der Waals surface area contributed by atoms with E-state index in [-0.39, 0.29) is 22.3 Å². The molecule has 184 valence electrons. The molecule has 2 aromatic carbocycles. The second-order valence-electron chi connectivity index (χ2n) is 7.91. The predicted octanol–water partition coefficient (Wildman–Crippen LogP) is 4.05. The molecule has 8 nitrogen and oxygen atoms in total. The standard InChI is InChI=1S/C23H29N3O5S3/c1-5-6-22(27)26-34(30,31)21-14-19(25-23(32)24-15(2)3)12-11-18(21)10-9-17-8-7-16(4)13-20(17)33(28)29/h7-15H,5-6H2,1-4H3,(H,26,27)(H,28,29)(H2,24,25,32)/b10-9+. The van der Waals surface area contributed by atoms with Crippen molar-refractivity contribution in [2.45, 2.75) is 56.4 Å². The van der Waals surface area contributed by atoms with E-state index in [0.29, 0.717) is 28.3 Å². The summed E-state index contributed by atoms with van der Waals surface area (Å²) in [5.41, 5.74) is 2.00. The van der Waals surface area contributed by atoms with Crippen molar-refractivity contribution in [1.82, 2.24) is 10.0 Å². The Balaban J connectivity index is 2.52. The van der Waals surface area contributed by atoms with Crippen molar-refractivity contribution >= 4 is 62.2 Å². The number of hydrogen-bond donors (Lipinski definition) is 4. The molecule has 0 aliphatic rings. The predicted molar refractivity (Wildman–Crippen MR) is 140 cm³/mol. The quantitative estimate of drug-likeness (QED) is 0.220. The Bertz CT molecular complexity index is 1220. The Labute approximate surface area is 208 Å².